The molecule has 6 nitrogen and oxygen atoms in total. The Bertz CT molecular complexity index is 662. The zero-order valence-electron chi connectivity index (χ0n) is 14.8. The maximum atomic E-state index is 13.5. The monoisotopic (exact) mass is 358 g/mol. The highest BCUT2D eigenvalue weighted by atomic mass is 32.2. The molecule has 0 fully saturated rings. The normalized spacial score (nSPS) is 12.5. The van der Waals surface area contributed by atoms with E-state index in [-0.39, 0.29) is 11.6 Å². The van der Waals surface area contributed by atoms with Crippen LogP contribution in [0.5, 0.6) is 0 Å². The van der Waals surface area contributed by atoms with Gasteiger partial charge in [0.2, 0.25) is 10.0 Å². The molecule has 1 aromatic rings. The molecule has 0 unspecified atom stereocenters. The summed E-state index contributed by atoms with van der Waals surface area (Å²) >= 11 is 0. The van der Waals surface area contributed by atoms with Crippen molar-refractivity contribution in [2.75, 3.05) is 32.9 Å². The largest absolute Gasteiger partial charge is 0.356 e. The lowest BCUT2D eigenvalue weighted by molar-refractivity contribution is 0.461. The number of aryl methyl sites for hydroxylation is 1. The van der Waals surface area contributed by atoms with Crippen molar-refractivity contribution in [1.29, 1.82) is 0 Å². The van der Waals surface area contributed by atoms with E-state index < -0.39 is 10.0 Å². The minimum absolute atomic E-state index is 0.104. The van der Waals surface area contributed by atoms with E-state index in [0.717, 1.165) is 5.56 Å². The second-order valence-electron chi connectivity index (χ2n) is 5.51. The number of nitrogens with zero attached hydrogens (tertiary/aromatic N) is 2. The molecular formula is C16H27FN4O2S. The van der Waals surface area contributed by atoms with E-state index in [4.69, 9.17) is 0 Å². The first-order valence-electron chi connectivity index (χ1n) is 7.93. The number of halogens is 1. The lowest BCUT2D eigenvalue weighted by Crippen LogP contribution is -2.38. The first kappa shape index (κ1) is 20.4. The molecule has 0 atom stereocenters. The molecule has 0 heterocycles. The summed E-state index contributed by atoms with van der Waals surface area (Å²) < 4.78 is 38.1. The van der Waals surface area contributed by atoms with Crippen LogP contribution in [0.25, 0.3) is 0 Å². The molecule has 0 aliphatic carbocycles. The fourth-order valence-corrected chi connectivity index (χ4v) is 2.87. The molecule has 1 aromatic carbocycles. The predicted molar refractivity (Wildman–Crippen MR) is 96.0 cm³/mol. The molecule has 0 spiro atoms. The lowest BCUT2D eigenvalue weighted by Gasteiger charge is -2.17. The van der Waals surface area contributed by atoms with Gasteiger partial charge in [-0.3, -0.25) is 4.99 Å². The SMILES string of the molecule is CCS(=O)(=O)N(C)CCCNC(=NC)NCc1ccc(C)c(F)c1. The fraction of sp³-hybridized carbons (Fsp3) is 0.562. The van der Waals surface area contributed by atoms with Crippen LogP contribution in [0.2, 0.25) is 0 Å². The number of nitrogens with one attached hydrogen (secondary N) is 2. The van der Waals surface area contributed by atoms with Gasteiger partial charge in [0.15, 0.2) is 5.96 Å². The van der Waals surface area contributed by atoms with Gasteiger partial charge in [0.05, 0.1) is 5.75 Å². The third kappa shape index (κ3) is 6.45. The van der Waals surface area contributed by atoms with Crippen molar-refractivity contribution in [2.24, 2.45) is 4.99 Å². The van der Waals surface area contributed by atoms with Crippen molar-refractivity contribution in [3.8, 4) is 0 Å². The van der Waals surface area contributed by atoms with Crippen molar-refractivity contribution in [2.45, 2.75) is 26.8 Å². The van der Waals surface area contributed by atoms with E-state index in [1.54, 1.807) is 34.0 Å². The second kappa shape index (κ2) is 9.58. The summed E-state index contributed by atoms with van der Waals surface area (Å²) in [4.78, 5) is 4.09. The molecule has 136 valence electrons. The Kier molecular flexibility index (Phi) is 8.14. The maximum absolute atomic E-state index is 13.5. The summed E-state index contributed by atoms with van der Waals surface area (Å²) in [5.74, 6) is 0.474. The van der Waals surface area contributed by atoms with E-state index in [9.17, 15) is 12.8 Å². The Hall–Kier alpha value is -1.67. The maximum Gasteiger partial charge on any atom is 0.213 e. The van der Waals surface area contributed by atoms with Gasteiger partial charge in [-0.2, -0.15) is 0 Å². The van der Waals surface area contributed by atoms with E-state index in [0.29, 0.717) is 37.6 Å². The highest BCUT2D eigenvalue weighted by Crippen LogP contribution is 2.08. The molecule has 0 bridgehead atoms. The van der Waals surface area contributed by atoms with Gasteiger partial charge in [-0.25, -0.2) is 17.1 Å². The zero-order chi connectivity index (χ0) is 18.2. The molecule has 0 aliphatic heterocycles. The van der Waals surface area contributed by atoms with Crippen LogP contribution in [-0.2, 0) is 16.6 Å². The van der Waals surface area contributed by atoms with Crippen molar-refractivity contribution in [1.82, 2.24) is 14.9 Å². The summed E-state index contributed by atoms with van der Waals surface area (Å²) in [7, 11) is 0.0985. The number of benzene rings is 1. The van der Waals surface area contributed by atoms with Gasteiger partial charge >= 0.3 is 0 Å². The standard InChI is InChI=1S/C16H27FN4O2S/c1-5-24(22,23)21(4)10-6-9-19-16(18-3)20-12-14-8-7-13(2)15(17)11-14/h7-8,11H,5-6,9-10,12H2,1-4H3,(H2,18,19,20). The van der Waals surface area contributed by atoms with E-state index in [1.165, 1.54) is 10.4 Å². The van der Waals surface area contributed by atoms with Gasteiger partial charge in [0.1, 0.15) is 5.82 Å². The molecule has 0 radical (unpaired) electrons. The highest BCUT2D eigenvalue weighted by molar-refractivity contribution is 7.89. The van der Waals surface area contributed by atoms with Crippen LogP contribution in [0.4, 0.5) is 4.39 Å². The first-order valence-corrected chi connectivity index (χ1v) is 9.54. The van der Waals surface area contributed by atoms with Crippen LogP contribution in [0, 0.1) is 12.7 Å². The van der Waals surface area contributed by atoms with Crippen molar-refractivity contribution >= 4 is 16.0 Å². The molecule has 0 saturated heterocycles. The Balaban J connectivity index is 2.37. The van der Waals surface area contributed by atoms with Crippen LogP contribution >= 0.6 is 0 Å². The number of hydrogen-bond donors (Lipinski definition) is 2. The summed E-state index contributed by atoms with van der Waals surface area (Å²) in [5.41, 5.74) is 1.45. The van der Waals surface area contributed by atoms with Gasteiger partial charge in [0.25, 0.3) is 0 Å². The van der Waals surface area contributed by atoms with Gasteiger partial charge in [-0.05, 0) is 37.5 Å². The number of sulfonamides is 1. The van der Waals surface area contributed by atoms with Crippen molar-refractivity contribution in [3.05, 3.63) is 35.1 Å². The molecule has 1 rings (SSSR count). The minimum Gasteiger partial charge on any atom is -0.356 e. The Labute approximate surface area is 144 Å². The quantitative estimate of drug-likeness (QED) is 0.419. The zero-order valence-corrected chi connectivity index (χ0v) is 15.6. The van der Waals surface area contributed by atoms with Gasteiger partial charge in [0, 0.05) is 33.7 Å². The van der Waals surface area contributed by atoms with E-state index in [2.05, 4.69) is 15.6 Å². The van der Waals surface area contributed by atoms with E-state index >= 15 is 0 Å². The molecular weight excluding hydrogens is 331 g/mol. The summed E-state index contributed by atoms with van der Waals surface area (Å²) in [5, 5.41) is 6.22. The summed E-state index contributed by atoms with van der Waals surface area (Å²) in [6.45, 7) is 4.85. The third-order valence-corrected chi connectivity index (χ3v) is 5.56. The second-order valence-corrected chi connectivity index (χ2v) is 7.88. The predicted octanol–water partition coefficient (Wildman–Crippen LogP) is 1.47. The van der Waals surface area contributed by atoms with Crippen LogP contribution < -0.4 is 10.6 Å². The Morgan fingerprint density at radius 3 is 2.62 bits per heavy atom. The topological polar surface area (TPSA) is 73.8 Å². The highest BCUT2D eigenvalue weighted by Gasteiger charge is 2.13. The smallest absolute Gasteiger partial charge is 0.213 e. The number of hydrogen-bond acceptors (Lipinski definition) is 3. The third-order valence-electron chi connectivity index (χ3n) is 3.70. The number of aliphatic imine (C=N–C) groups is 1. The number of guanidine groups is 1. The van der Waals surface area contributed by atoms with Crippen molar-refractivity contribution in [3.63, 3.8) is 0 Å². The molecule has 0 saturated carbocycles. The van der Waals surface area contributed by atoms with Crippen LogP contribution in [0.3, 0.4) is 0 Å². The molecule has 2 N–H and O–H groups in total. The molecule has 24 heavy (non-hydrogen) atoms. The minimum atomic E-state index is -3.13. The van der Waals surface area contributed by atoms with Crippen LogP contribution in [0.15, 0.2) is 23.2 Å². The lowest BCUT2D eigenvalue weighted by atomic mass is 10.1. The Morgan fingerprint density at radius 2 is 2.04 bits per heavy atom. The van der Waals surface area contributed by atoms with Gasteiger partial charge < -0.3 is 10.6 Å². The molecule has 0 amide bonds. The molecule has 0 aliphatic rings. The average molecular weight is 358 g/mol. The van der Waals surface area contributed by atoms with E-state index in [1.807, 2.05) is 6.07 Å². The molecule has 8 heteroatoms. The van der Waals surface area contributed by atoms with Crippen molar-refractivity contribution < 1.29 is 12.8 Å². The Morgan fingerprint density at radius 1 is 1.33 bits per heavy atom. The van der Waals surface area contributed by atoms with Gasteiger partial charge in [-0.15, -0.1) is 0 Å². The van der Waals surface area contributed by atoms with Gasteiger partial charge in [-0.1, -0.05) is 12.1 Å². The number of rotatable bonds is 8. The fourth-order valence-electron chi connectivity index (χ4n) is 2.02. The molecule has 0 aromatic heterocycles. The summed E-state index contributed by atoms with van der Waals surface area (Å²) in [6, 6.07) is 5.11. The van der Waals surface area contributed by atoms with Crippen LogP contribution in [0.1, 0.15) is 24.5 Å². The average Bonchev–Trinajstić information content (AvgIpc) is 2.56. The summed E-state index contributed by atoms with van der Waals surface area (Å²) in [6.07, 6.45) is 0.662. The first-order chi connectivity index (χ1) is 11.3. The van der Waals surface area contributed by atoms with Crippen LogP contribution in [-0.4, -0.2) is 51.6 Å².